The third-order valence-electron chi connectivity index (χ3n) is 10.8. The van der Waals surface area contributed by atoms with Crippen LogP contribution in [-0.4, -0.2) is 129 Å². The number of halogens is 2. The number of β-amino-alcohol motifs (C(OH)–C–C–N with tert-alkyl or cyclic N) is 2. The standard InChI is InChI=1S/C42H56F2N8O6/c1-7-33(49-39(55)21(3)45-5)41(57)51-19-27(53)15-25(51)17-31-29-11-9-23(43)13-35(29)47-37(31)38-32(30-12-10-24(44)14-36(30)48-38)18-26-16-28(54)20-52(26)42(58)34(8-2)50-40(56)22(4)46-6/h9-14,21-22,25-28,33-34,45-48,53-54H,7-8,15-20H2,1-6H3,(H,49,55)(H,50,56)/t21-,22-,25-,26-,27-,28-,33-,34-/m0/s1/i5D3,6D3,17D2,18D2. The third kappa shape index (κ3) is 8.75. The summed E-state index contributed by atoms with van der Waals surface area (Å²) in [4.78, 5) is 63.0. The van der Waals surface area contributed by atoms with Crippen LogP contribution in [-0.2, 0) is 31.9 Å². The molecule has 0 bridgehead atoms. The van der Waals surface area contributed by atoms with E-state index in [-0.39, 0.29) is 83.1 Å². The molecule has 4 aromatic rings. The number of H-pyrrole nitrogens is 2. The Morgan fingerprint density at radius 1 is 0.759 bits per heavy atom. The van der Waals surface area contributed by atoms with Crippen molar-refractivity contribution in [1.29, 1.82) is 0 Å². The first kappa shape index (κ1) is 31.1. The number of hydrogen-bond acceptors (Lipinski definition) is 8. The fourth-order valence-electron chi connectivity index (χ4n) is 7.54. The summed E-state index contributed by atoms with van der Waals surface area (Å²) in [6.07, 6.45) is -8.66. The predicted octanol–water partition coefficient (Wildman–Crippen LogP) is 2.61. The van der Waals surface area contributed by atoms with Gasteiger partial charge < -0.3 is 51.2 Å². The van der Waals surface area contributed by atoms with Crippen LogP contribution < -0.4 is 21.3 Å². The van der Waals surface area contributed by atoms with Crippen molar-refractivity contribution in [2.75, 3.05) is 27.0 Å². The topological polar surface area (TPSA) is 195 Å². The van der Waals surface area contributed by atoms with E-state index in [1.807, 2.05) is 0 Å². The molecular formula is C42H56F2N8O6. The predicted molar refractivity (Wildman–Crippen MR) is 217 cm³/mol. The van der Waals surface area contributed by atoms with Crippen molar-refractivity contribution in [1.82, 2.24) is 41.0 Å². The monoisotopic (exact) mass is 816 g/mol. The summed E-state index contributed by atoms with van der Waals surface area (Å²) >= 11 is 0. The van der Waals surface area contributed by atoms with E-state index in [9.17, 15) is 34.9 Å². The lowest BCUT2D eigenvalue weighted by Gasteiger charge is -2.30. The van der Waals surface area contributed by atoms with Crippen LogP contribution in [0.1, 0.15) is 78.2 Å². The van der Waals surface area contributed by atoms with Gasteiger partial charge in [0.1, 0.15) is 23.7 Å². The van der Waals surface area contributed by atoms with Crippen molar-refractivity contribution in [3.63, 3.8) is 0 Å². The zero-order valence-electron chi connectivity index (χ0n) is 42.5. The Kier molecular flexibility index (Phi) is 9.61. The molecule has 6 rings (SSSR count). The Hall–Kier alpha value is -4.90. The first-order valence-electron chi connectivity index (χ1n) is 24.3. The van der Waals surface area contributed by atoms with Crippen molar-refractivity contribution in [3.8, 4) is 11.4 Å². The van der Waals surface area contributed by atoms with Crippen LogP contribution in [0.15, 0.2) is 36.4 Å². The number of carbonyl (C=O) groups is 4. The maximum atomic E-state index is 15.0. The molecule has 8 N–H and O–H groups in total. The fraction of sp³-hybridized carbons (Fsp3) is 0.524. The summed E-state index contributed by atoms with van der Waals surface area (Å²) in [5.74, 6) is -4.74. The van der Waals surface area contributed by atoms with Crippen molar-refractivity contribution in [2.45, 2.75) is 115 Å². The van der Waals surface area contributed by atoms with Crippen LogP contribution in [0.5, 0.6) is 0 Å². The third-order valence-corrected chi connectivity index (χ3v) is 10.8. The van der Waals surface area contributed by atoms with E-state index in [4.69, 9.17) is 8.22 Å². The Morgan fingerprint density at radius 2 is 1.16 bits per heavy atom. The number of benzene rings is 2. The number of hydrogen-bond donors (Lipinski definition) is 8. The van der Waals surface area contributed by atoms with Gasteiger partial charge in [-0.05, 0) is 114 Å². The zero-order valence-corrected chi connectivity index (χ0v) is 32.5. The summed E-state index contributed by atoms with van der Waals surface area (Å²) in [6.45, 7) is -0.425. The number of aromatic nitrogens is 2. The molecule has 58 heavy (non-hydrogen) atoms. The van der Waals surface area contributed by atoms with Gasteiger partial charge in [0.25, 0.3) is 0 Å². The molecule has 2 fully saturated rings. The van der Waals surface area contributed by atoms with Gasteiger partial charge in [0.05, 0.1) is 35.7 Å². The van der Waals surface area contributed by atoms with E-state index in [2.05, 4.69) is 31.2 Å². The molecule has 8 atom stereocenters. The van der Waals surface area contributed by atoms with Gasteiger partial charge in [-0.3, -0.25) is 19.2 Å². The van der Waals surface area contributed by atoms with Crippen LogP contribution in [0.4, 0.5) is 8.78 Å². The van der Waals surface area contributed by atoms with Gasteiger partial charge in [0, 0.05) is 60.7 Å². The minimum atomic E-state index is -2.70. The van der Waals surface area contributed by atoms with Gasteiger partial charge in [-0.2, -0.15) is 0 Å². The van der Waals surface area contributed by atoms with Gasteiger partial charge in [0.2, 0.25) is 23.6 Å². The highest BCUT2D eigenvalue weighted by molar-refractivity contribution is 5.97. The lowest BCUT2D eigenvalue weighted by molar-refractivity contribution is -0.138. The summed E-state index contributed by atoms with van der Waals surface area (Å²) in [5, 5.41) is 31.6. The summed E-state index contributed by atoms with van der Waals surface area (Å²) < 4.78 is 114. The quantitative estimate of drug-likeness (QED) is 0.0898. The average molecular weight is 817 g/mol. The molecule has 314 valence electrons. The van der Waals surface area contributed by atoms with E-state index in [1.165, 1.54) is 26.0 Å². The number of nitrogens with one attached hydrogen (secondary N) is 6. The Bertz CT molecular complexity index is 2380. The highest BCUT2D eigenvalue weighted by Gasteiger charge is 2.41. The van der Waals surface area contributed by atoms with E-state index < -0.39 is 110 Å². The Balaban J connectivity index is 1.46. The molecule has 0 radical (unpaired) electrons. The number of aliphatic hydroxyl groups excluding tert-OH is 2. The highest BCUT2D eigenvalue weighted by Crippen LogP contribution is 2.40. The summed E-state index contributed by atoms with van der Waals surface area (Å²) in [5.41, 5.74) is -0.745. The molecule has 4 heterocycles. The Morgan fingerprint density at radius 3 is 1.52 bits per heavy atom. The lowest BCUT2D eigenvalue weighted by atomic mass is 9.94. The minimum absolute atomic E-state index is 0.0171. The van der Waals surface area contributed by atoms with Crippen LogP contribution in [0.2, 0.25) is 0 Å². The minimum Gasteiger partial charge on any atom is -0.391 e. The first-order valence-corrected chi connectivity index (χ1v) is 19.3. The SMILES string of the molecule is [2H]C([2H])([2H])N[C@@H](C)C(=O)N[C@@H](CC)C(=O)N1C[C@@H](O)C[C@H]1C([2H])([2H])c1c(-c2[nH]c3cc(F)ccc3c2C([2H])([2H])[C@@H]2C[C@H](O)CN2C(=O)[C@H](CC)NC(=O)[C@H](C)NC([2H])([2H])[2H])[nH]c2cc(F)ccc12. The molecule has 2 aromatic carbocycles. The largest absolute Gasteiger partial charge is 0.391 e. The molecule has 14 nitrogen and oxygen atoms in total. The molecule has 0 saturated carbocycles. The van der Waals surface area contributed by atoms with Crippen molar-refractivity contribution < 1.29 is 51.9 Å². The van der Waals surface area contributed by atoms with Crippen LogP contribution in [0.25, 0.3) is 33.2 Å². The number of amides is 4. The number of aromatic amines is 2. The second-order valence-electron chi connectivity index (χ2n) is 14.9. The highest BCUT2D eigenvalue weighted by atomic mass is 19.1. The first-order chi connectivity index (χ1) is 31.5. The second-order valence-corrected chi connectivity index (χ2v) is 14.9. The lowest BCUT2D eigenvalue weighted by Crippen LogP contribution is -2.53. The van der Waals surface area contributed by atoms with Crippen LogP contribution in [0.3, 0.4) is 0 Å². The van der Waals surface area contributed by atoms with Crippen molar-refractivity contribution in [2.24, 2.45) is 0 Å². The van der Waals surface area contributed by atoms with E-state index in [0.717, 1.165) is 34.1 Å². The Labute approximate surface area is 350 Å². The van der Waals surface area contributed by atoms with E-state index in [0.29, 0.717) is 0 Å². The van der Waals surface area contributed by atoms with Crippen LogP contribution >= 0.6 is 0 Å². The van der Waals surface area contributed by atoms with Gasteiger partial charge in [-0.1, -0.05) is 13.8 Å². The zero-order chi connectivity index (χ0) is 50.6. The van der Waals surface area contributed by atoms with Crippen molar-refractivity contribution >= 4 is 45.4 Å². The molecule has 2 aliphatic heterocycles. The molecule has 2 aromatic heterocycles. The number of likely N-dealkylation sites (tertiary alicyclic amines) is 2. The molecular weight excluding hydrogens is 751 g/mol. The number of aliphatic hydroxyl groups is 2. The van der Waals surface area contributed by atoms with Gasteiger partial charge in [-0.25, -0.2) is 8.78 Å². The van der Waals surface area contributed by atoms with Gasteiger partial charge in [0.15, 0.2) is 0 Å². The maximum Gasteiger partial charge on any atom is 0.245 e. The summed E-state index contributed by atoms with van der Waals surface area (Å²) in [6, 6.07) is -1.28. The van der Waals surface area contributed by atoms with Gasteiger partial charge in [-0.15, -0.1) is 0 Å². The molecule has 0 spiro atoms. The number of rotatable bonds is 15. The van der Waals surface area contributed by atoms with Crippen molar-refractivity contribution in [3.05, 3.63) is 59.2 Å². The number of carbonyl (C=O) groups excluding carboxylic acids is 4. The number of likely N-dealkylation sites (N-methyl/N-ethyl adjacent to an activating group) is 2. The van der Waals surface area contributed by atoms with Gasteiger partial charge >= 0.3 is 0 Å². The molecule has 16 heteroatoms. The number of nitrogens with zero attached hydrogens (tertiary/aromatic N) is 2. The average Bonchev–Trinajstić information content (AvgIpc) is 4.02. The van der Waals surface area contributed by atoms with E-state index >= 15 is 8.78 Å². The second kappa shape index (κ2) is 17.9. The number of fused-ring (bicyclic) bond motifs is 2. The molecule has 4 amide bonds. The molecule has 2 saturated heterocycles. The molecule has 2 aliphatic rings. The molecule has 0 unspecified atom stereocenters. The van der Waals surface area contributed by atoms with E-state index in [1.54, 1.807) is 13.8 Å². The molecule has 0 aliphatic carbocycles. The normalized spacial score (nSPS) is 25.2. The van der Waals surface area contributed by atoms with Crippen LogP contribution in [0, 0.1) is 11.6 Å². The smallest absolute Gasteiger partial charge is 0.245 e. The summed E-state index contributed by atoms with van der Waals surface area (Å²) in [7, 11) is 0. The fourth-order valence-corrected chi connectivity index (χ4v) is 7.54. The maximum absolute atomic E-state index is 15.0.